The van der Waals surface area contributed by atoms with Gasteiger partial charge in [0.1, 0.15) is 6.54 Å². The molecule has 1 aromatic rings. The average molecular weight is 250 g/mol. The number of hydrogen-bond acceptors (Lipinski definition) is 4. The molecule has 0 aliphatic heterocycles. The summed E-state index contributed by atoms with van der Waals surface area (Å²) in [5, 5.41) is 5.90. The summed E-state index contributed by atoms with van der Waals surface area (Å²) in [4.78, 5) is 21.7. The van der Waals surface area contributed by atoms with Crippen LogP contribution in [-0.2, 0) is 20.9 Å². The lowest BCUT2D eigenvalue weighted by Crippen LogP contribution is -2.20. The standard InChI is InChI=1S/C8H9ClFN3O3/c1-16-6(14)4-13-3-2-5(12-13)11-8(15)7(9)10/h2-3,7H,4H2,1H3,(H,11,12,15). The van der Waals surface area contributed by atoms with Crippen molar-refractivity contribution in [1.82, 2.24) is 9.78 Å². The van der Waals surface area contributed by atoms with Crippen LogP contribution in [0.3, 0.4) is 0 Å². The van der Waals surface area contributed by atoms with E-state index in [0.717, 1.165) is 0 Å². The first kappa shape index (κ1) is 12.4. The Balaban J connectivity index is 2.58. The summed E-state index contributed by atoms with van der Waals surface area (Å²) in [5.74, 6) is -1.39. The normalized spacial score (nSPS) is 11.9. The Kier molecular flexibility index (Phi) is 4.24. The van der Waals surface area contributed by atoms with Crippen molar-refractivity contribution in [1.29, 1.82) is 0 Å². The Morgan fingerprint density at radius 2 is 2.44 bits per heavy atom. The second kappa shape index (κ2) is 5.45. The van der Waals surface area contributed by atoms with Crippen molar-refractivity contribution in [2.75, 3.05) is 12.4 Å². The van der Waals surface area contributed by atoms with Crippen LogP contribution in [-0.4, -0.2) is 34.4 Å². The average Bonchev–Trinajstić information content (AvgIpc) is 2.65. The smallest absolute Gasteiger partial charge is 0.327 e. The number of nitrogens with zero attached hydrogens (tertiary/aromatic N) is 2. The van der Waals surface area contributed by atoms with Gasteiger partial charge in [0.15, 0.2) is 5.82 Å². The van der Waals surface area contributed by atoms with Crippen LogP contribution in [0, 0.1) is 0 Å². The third kappa shape index (κ3) is 3.50. The van der Waals surface area contributed by atoms with Crippen LogP contribution in [0.4, 0.5) is 10.2 Å². The van der Waals surface area contributed by atoms with Crippen LogP contribution in [0.2, 0.25) is 0 Å². The lowest BCUT2D eigenvalue weighted by atomic mass is 10.6. The van der Waals surface area contributed by atoms with Gasteiger partial charge in [-0.2, -0.15) is 5.10 Å². The van der Waals surface area contributed by atoms with E-state index in [0.29, 0.717) is 0 Å². The topological polar surface area (TPSA) is 73.2 Å². The number of rotatable bonds is 4. The van der Waals surface area contributed by atoms with Crippen LogP contribution < -0.4 is 5.32 Å². The monoisotopic (exact) mass is 249 g/mol. The predicted molar refractivity (Wildman–Crippen MR) is 53.6 cm³/mol. The zero-order valence-electron chi connectivity index (χ0n) is 8.31. The Bertz CT molecular complexity index is 394. The molecule has 16 heavy (non-hydrogen) atoms. The number of alkyl halides is 2. The molecule has 0 saturated carbocycles. The molecule has 0 saturated heterocycles. The molecule has 0 spiro atoms. The van der Waals surface area contributed by atoms with Gasteiger partial charge in [0.2, 0.25) is 0 Å². The predicted octanol–water partition coefficient (Wildman–Crippen LogP) is 0.529. The van der Waals surface area contributed by atoms with Gasteiger partial charge in [0.25, 0.3) is 11.5 Å². The van der Waals surface area contributed by atoms with Gasteiger partial charge in [-0.05, 0) is 0 Å². The molecule has 0 bridgehead atoms. The van der Waals surface area contributed by atoms with E-state index >= 15 is 0 Å². The molecule has 88 valence electrons. The Morgan fingerprint density at radius 1 is 1.75 bits per heavy atom. The number of halogens is 2. The molecule has 8 heteroatoms. The van der Waals surface area contributed by atoms with E-state index in [1.165, 1.54) is 24.1 Å². The Hall–Kier alpha value is -1.63. The van der Waals surface area contributed by atoms with E-state index in [2.05, 4.69) is 15.2 Å². The second-order valence-electron chi connectivity index (χ2n) is 2.76. The second-order valence-corrected chi connectivity index (χ2v) is 3.15. The van der Waals surface area contributed by atoms with Crippen molar-refractivity contribution >= 4 is 29.3 Å². The van der Waals surface area contributed by atoms with Crippen LogP contribution in [0.1, 0.15) is 0 Å². The van der Waals surface area contributed by atoms with Gasteiger partial charge in [0.05, 0.1) is 7.11 Å². The molecule has 1 amide bonds. The largest absolute Gasteiger partial charge is 0.468 e. The van der Waals surface area contributed by atoms with Crippen molar-refractivity contribution in [2.45, 2.75) is 12.2 Å². The third-order valence-electron chi connectivity index (χ3n) is 1.61. The highest BCUT2D eigenvalue weighted by molar-refractivity contribution is 6.31. The fraction of sp³-hybridized carbons (Fsp3) is 0.375. The number of nitrogens with one attached hydrogen (secondary N) is 1. The zero-order chi connectivity index (χ0) is 12.1. The number of hydrogen-bond donors (Lipinski definition) is 1. The quantitative estimate of drug-likeness (QED) is 0.624. The maximum Gasteiger partial charge on any atom is 0.327 e. The van der Waals surface area contributed by atoms with Crippen LogP contribution in [0.15, 0.2) is 12.3 Å². The minimum Gasteiger partial charge on any atom is -0.468 e. The van der Waals surface area contributed by atoms with Gasteiger partial charge in [-0.3, -0.25) is 14.3 Å². The number of amides is 1. The zero-order valence-corrected chi connectivity index (χ0v) is 9.07. The number of anilines is 1. The first-order valence-corrected chi connectivity index (χ1v) is 4.66. The summed E-state index contributed by atoms with van der Waals surface area (Å²) in [7, 11) is 1.25. The SMILES string of the molecule is COC(=O)Cn1ccc(NC(=O)C(F)Cl)n1. The first-order valence-electron chi connectivity index (χ1n) is 4.22. The third-order valence-corrected chi connectivity index (χ3v) is 1.81. The van der Waals surface area contributed by atoms with Crippen molar-refractivity contribution in [3.63, 3.8) is 0 Å². The van der Waals surface area contributed by atoms with Gasteiger partial charge in [-0.1, -0.05) is 11.6 Å². The van der Waals surface area contributed by atoms with Crippen molar-refractivity contribution in [3.8, 4) is 0 Å². The minimum atomic E-state index is -2.13. The molecule has 0 fully saturated rings. The van der Waals surface area contributed by atoms with Crippen LogP contribution in [0.5, 0.6) is 0 Å². The molecule has 1 unspecified atom stereocenters. The van der Waals surface area contributed by atoms with Crippen LogP contribution >= 0.6 is 11.6 Å². The van der Waals surface area contributed by atoms with E-state index in [9.17, 15) is 14.0 Å². The van der Waals surface area contributed by atoms with Gasteiger partial charge in [0, 0.05) is 12.3 Å². The molecule has 0 aliphatic rings. The van der Waals surface area contributed by atoms with Gasteiger partial charge in [-0.15, -0.1) is 0 Å². The maximum absolute atomic E-state index is 12.3. The number of methoxy groups -OCH3 is 1. The molecule has 0 aliphatic carbocycles. The van der Waals surface area contributed by atoms with Gasteiger partial charge >= 0.3 is 5.97 Å². The lowest BCUT2D eigenvalue weighted by molar-refractivity contribution is -0.141. The molecule has 1 N–H and O–H groups in total. The van der Waals surface area contributed by atoms with E-state index in [-0.39, 0.29) is 12.4 Å². The van der Waals surface area contributed by atoms with E-state index in [1.54, 1.807) is 0 Å². The lowest BCUT2D eigenvalue weighted by Gasteiger charge is -2.01. The summed E-state index contributed by atoms with van der Waals surface area (Å²) >= 11 is 4.90. The summed E-state index contributed by atoms with van der Waals surface area (Å²) in [6, 6.07) is 1.40. The fourth-order valence-corrected chi connectivity index (χ4v) is 0.949. The number of carbonyl (C=O) groups is 2. The number of ether oxygens (including phenoxy) is 1. The molecule has 1 rings (SSSR count). The molecule has 0 radical (unpaired) electrons. The molecule has 6 nitrogen and oxygen atoms in total. The highest BCUT2D eigenvalue weighted by atomic mass is 35.5. The first-order chi connectivity index (χ1) is 7.52. The molecule has 1 aromatic heterocycles. The molecule has 1 atom stereocenters. The minimum absolute atomic E-state index is 0.0910. The number of aromatic nitrogens is 2. The molecule has 1 heterocycles. The number of carbonyl (C=O) groups excluding carboxylic acids is 2. The summed E-state index contributed by atoms with van der Waals surface area (Å²) < 4.78 is 18.0. The fourth-order valence-electron chi connectivity index (χ4n) is 0.894. The summed E-state index contributed by atoms with van der Waals surface area (Å²) in [6.45, 7) is -0.0910. The number of esters is 1. The molecule has 0 aromatic carbocycles. The molecular weight excluding hydrogens is 241 g/mol. The van der Waals surface area contributed by atoms with Crippen molar-refractivity contribution < 1.29 is 18.7 Å². The highest BCUT2D eigenvalue weighted by Gasteiger charge is 2.14. The Labute approximate surface area is 95.3 Å². The van der Waals surface area contributed by atoms with Crippen LogP contribution in [0.25, 0.3) is 0 Å². The summed E-state index contributed by atoms with van der Waals surface area (Å²) in [5.41, 5.74) is -2.13. The molecular formula is C8H9ClFN3O3. The van der Waals surface area contributed by atoms with E-state index < -0.39 is 17.5 Å². The van der Waals surface area contributed by atoms with E-state index in [4.69, 9.17) is 11.6 Å². The van der Waals surface area contributed by atoms with Crippen molar-refractivity contribution in [2.24, 2.45) is 0 Å². The van der Waals surface area contributed by atoms with Gasteiger partial charge < -0.3 is 10.1 Å². The Morgan fingerprint density at radius 3 is 3.00 bits per heavy atom. The van der Waals surface area contributed by atoms with Gasteiger partial charge in [-0.25, -0.2) is 4.39 Å². The van der Waals surface area contributed by atoms with E-state index in [1.807, 2.05) is 0 Å². The van der Waals surface area contributed by atoms with Crippen molar-refractivity contribution in [3.05, 3.63) is 12.3 Å². The highest BCUT2D eigenvalue weighted by Crippen LogP contribution is 2.06. The maximum atomic E-state index is 12.3. The summed E-state index contributed by atoms with van der Waals surface area (Å²) in [6.07, 6.45) is 1.44.